The molecule has 0 saturated carbocycles. The number of carbonyl (C=O) groups is 2. The van der Waals surface area contributed by atoms with Gasteiger partial charge in [-0.2, -0.15) is 0 Å². The van der Waals surface area contributed by atoms with Crippen molar-refractivity contribution in [2.45, 2.75) is 25.8 Å². The largest absolute Gasteiger partial charge is 0.481 e. The molecule has 1 heterocycles. The Labute approximate surface area is 106 Å². The number of carboxylic acids is 1. The summed E-state index contributed by atoms with van der Waals surface area (Å²) in [6, 6.07) is 0.319. The van der Waals surface area contributed by atoms with Gasteiger partial charge in [0.25, 0.3) is 0 Å². The number of thioether (sulfide) groups is 1. The Balaban J connectivity index is 2.37. The molecule has 0 aliphatic carbocycles. The molecule has 0 aromatic heterocycles. The summed E-state index contributed by atoms with van der Waals surface area (Å²) in [5.74, 6) is -0.544. The highest BCUT2D eigenvalue weighted by molar-refractivity contribution is 8.00. The second kappa shape index (κ2) is 7.55. The summed E-state index contributed by atoms with van der Waals surface area (Å²) in [5.41, 5.74) is 0. The zero-order valence-electron chi connectivity index (χ0n) is 10.1. The van der Waals surface area contributed by atoms with Crippen molar-refractivity contribution in [3.8, 4) is 0 Å². The molecular formula is C11H20N2O3S. The molecule has 0 aromatic carbocycles. The lowest BCUT2D eigenvalue weighted by Crippen LogP contribution is -2.46. The minimum Gasteiger partial charge on any atom is -0.481 e. The average molecular weight is 260 g/mol. The van der Waals surface area contributed by atoms with E-state index in [4.69, 9.17) is 5.11 Å². The van der Waals surface area contributed by atoms with E-state index >= 15 is 0 Å². The number of nitrogens with one attached hydrogen (secondary N) is 1. The van der Waals surface area contributed by atoms with Crippen molar-refractivity contribution >= 4 is 23.6 Å². The second-order valence-corrected chi connectivity index (χ2v) is 5.03. The molecule has 0 bridgehead atoms. The van der Waals surface area contributed by atoms with Gasteiger partial charge in [-0.1, -0.05) is 0 Å². The molecule has 1 aliphatic heterocycles. The van der Waals surface area contributed by atoms with Crippen LogP contribution in [-0.4, -0.2) is 59.1 Å². The topological polar surface area (TPSA) is 69.6 Å². The van der Waals surface area contributed by atoms with Crippen molar-refractivity contribution in [3.63, 3.8) is 0 Å². The maximum Gasteiger partial charge on any atom is 0.313 e. The first-order valence-corrected chi connectivity index (χ1v) is 7.10. The smallest absolute Gasteiger partial charge is 0.313 e. The first-order valence-electron chi connectivity index (χ1n) is 5.95. The van der Waals surface area contributed by atoms with Crippen molar-refractivity contribution in [2.24, 2.45) is 0 Å². The first-order chi connectivity index (χ1) is 8.15. The van der Waals surface area contributed by atoms with Gasteiger partial charge in [-0.15, -0.1) is 11.8 Å². The summed E-state index contributed by atoms with van der Waals surface area (Å²) in [4.78, 5) is 24.2. The van der Waals surface area contributed by atoms with Crippen molar-refractivity contribution < 1.29 is 14.7 Å². The quantitative estimate of drug-likeness (QED) is 0.723. The van der Waals surface area contributed by atoms with Crippen LogP contribution in [0.2, 0.25) is 0 Å². The number of aliphatic carboxylic acids is 1. The van der Waals surface area contributed by atoms with E-state index in [-0.39, 0.29) is 17.4 Å². The van der Waals surface area contributed by atoms with Gasteiger partial charge in [-0.25, -0.2) is 0 Å². The van der Waals surface area contributed by atoms with Gasteiger partial charge in [-0.3, -0.25) is 9.59 Å². The number of nitrogens with zero attached hydrogens (tertiary/aromatic N) is 1. The van der Waals surface area contributed by atoms with E-state index < -0.39 is 5.97 Å². The van der Waals surface area contributed by atoms with E-state index in [1.807, 2.05) is 11.8 Å². The van der Waals surface area contributed by atoms with Crippen molar-refractivity contribution in [2.75, 3.05) is 31.1 Å². The third-order valence-electron chi connectivity index (χ3n) is 2.86. The van der Waals surface area contributed by atoms with E-state index in [1.165, 1.54) is 11.8 Å². The fraction of sp³-hybridized carbons (Fsp3) is 0.818. The van der Waals surface area contributed by atoms with Crippen LogP contribution in [0.25, 0.3) is 0 Å². The standard InChI is InChI=1S/C11H20N2O3S/c1-2-13(9-3-5-12-6-4-9)10(14)7-17-8-11(15)16/h9,12H,2-8H2,1H3,(H,15,16). The van der Waals surface area contributed by atoms with Crippen LogP contribution in [0.1, 0.15) is 19.8 Å². The Morgan fingerprint density at radius 1 is 1.35 bits per heavy atom. The number of piperidine rings is 1. The number of hydrogen-bond donors (Lipinski definition) is 2. The molecule has 6 heteroatoms. The monoisotopic (exact) mass is 260 g/mol. The molecule has 0 unspecified atom stereocenters. The summed E-state index contributed by atoms with van der Waals surface area (Å²) >= 11 is 1.17. The van der Waals surface area contributed by atoms with Gasteiger partial charge in [0.15, 0.2) is 0 Å². The number of amides is 1. The summed E-state index contributed by atoms with van der Waals surface area (Å²) in [7, 11) is 0. The fourth-order valence-electron chi connectivity index (χ4n) is 2.07. The van der Waals surface area contributed by atoms with E-state index in [1.54, 1.807) is 0 Å². The molecule has 0 radical (unpaired) electrons. The third kappa shape index (κ3) is 4.95. The zero-order chi connectivity index (χ0) is 12.7. The molecule has 2 N–H and O–H groups in total. The highest BCUT2D eigenvalue weighted by Gasteiger charge is 2.23. The van der Waals surface area contributed by atoms with Crippen LogP contribution in [0, 0.1) is 0 Å². The molecule has 0 aromatic rings. The van der Waals surface area contributed by atoms with Crippen LogP contribution >= 0.6 is 11.8 Å². The maximum absolute atomic E-state index is 11.9. The van der Waals surface area contributed by atoms with Gasteiger partial charge in [0.1, 0.15) is 0 Å². The SMILES string of the molecule is CCN(C(=O)CSCC(=O)O)C1CCNCC1. The number of rotatable bonds is 6. The summed E-state index contributed by atoms with van der Waals surface area (Å²) in [6.45, 7) is 4.59. The van der Waals surface area contributed by atoms with Crippen LogP contribution in [-0.2, 0) is 9.59 Å². The minimum absolute atomic E-state index is 0.00445. The van der Waals surface area contributed by atoms with E-state index in [0.29, 0.717) is 12.6 Å². The molecule has 98 valence electrons. The van der Waals surface area contributed by atoms with Crippen LogP contribution in [0.5, 0.6) is 0 Å². The molecular weight excluding hydrogens is 240 g/mol. The van der Waals surface area contributed by atoms with Crippen molar-refractivity contribution in [1.82, 2.24) is 10.2 Å². The highest BCUT2D eigenvalue weighted by atomic mass is 32.2. The number of carboxylic acid groups (broad SMARTS) is 1. The first kappa shape index (κ1) is 14.3. The molecule has 1 aliphatic rings. The normalized spacial score (nSPS) is 16.8. The molecule has 1 saturated heterocycles. The lowest BCUT2D eigenvalue weighted by Gasteiger charge is -2.33. The van der Waals surface area contributed by atoms with E-state index in [2.05, 4.69) is 5.32 Å². The Hall–Kier alpha value is -0.750. The zero-order valence-corrected chi connectivity index (χ0v) is 11.0. The predicted molar refractivity (Wildman–Crippen MR) is 68.2 cm³/mol. The Bertz CT molecular complexity index is 267. The highest BCUT2D eigenvalue weighted by Crippen LogP contribution is 2.13. The molecule has 0 atom stereocenters. The molecule has 1 amide bonds. The predicted octanol–water partition coefficient (Wildman–Crippen LogP) is 0.405. The Morgan fingerprint density at radius 3 is 2.53 bits per heavy atom. The summed E-state index contributed by atoms with van der Waals surface area (Å²) < 4.78 is 0. The molecule has 17 heavy (non-hydrogen) atoms. The van der Waals surface area contributed by atoms with E-state index in [9.17, 15) is 9.59 Å². The molecule has 1 rings (SSSR count). The van der Waals surface area contributed by atoms with Gasteiger partial charge in [0, 0.05) is 12.6 Å². The number of carbonyl (C=O) groups excluding carboxylic acids is 1. The van der Waals surface area contributed by atoms with Crippen LogP contribution in [0.3, 0.4) is 0 Å². The summed E-state index contributed by atoms with van der Waals surface area (Å²) in [5, 5.41) is 11.8. The molecule has 1 fully saturated rings. The molecule has 0 spiro atoms. The van der Waals surface area contributed by atoms with Gasteiger partial charge >= 0.3 is 5.97 Å². The maximum atomic E-state index is 11.9. The van der Waals surface area contributed by atoms with Crippen LogP contribution in [0.4, 0.5) is 0 Å². The van der Waals surface area contributed by atoms with Crippen molar-refractivity contribution in [1.29, 1.82) is 0 Å². The minimum atomic E-state index is -0.868. The van der Waals surface area contributed by atoms with E-state index in [0.717, 1.165) is 25.9 Å². The molecule has 5 nitrogen and oxygen atoms in total. The Kier molecular flexibility index (Phi) is 6.36. The average Bonchev–Trinajstić information content (AvgIpc) is 2.31. The summed E-state index contributed by atoms with van der Waals surface area (Å²) in [6.07, 6.45) is 1.98. The lowest BCUT2D eigenvalue weighted by molar-refractivity contribution is -0.133. The van der Waals surface area contributed by atoms with Gasteiger partial charge in [-0.05, 0) is 32.9 Å². The van der Waals surface area contributed by atoms with Crippen molar-refractivity contribution in [3.05, 3.63) is 0 Å². The third-order valence-corrected chi connectivity index (χ3v) is 3.76. The van der Waals surface area contributed by atoms with Gasteiger partial charge in [0.05, 0.1) is 11.5 Å². The van der Waals surface area contributed by atoms with Gasteiger partial charge in [0.2, 0.25) is 5.91 Å². The lowest BCUT2D eigenvalue weighted by atomic mass is 10.0. The second-order valence-electron chi connectivity index (χ2n) is 4.05. The van der Waals surface area contributed by atoms with Gasteiger partial charge < -0.3 is 15.3 Å². The Morgan fingerprint density at radius 2 is 2.00 bits per heavy atom. The number of hydrogen-bond acceptors (Lipinski definition) is 4. The van der Waals surface area contributed by atoms with Crippen LogP contribution < -0.4 is 5.32 Å². The fourth-order valence-corrected chi connectivity index (χ4v) is 2.68. The van der Waals surface area contributed by atoms with Crippen LogP contribution in [0.15, 0.2) is 0 Å².